The highest BCUT2D eigenvalue weighted by atomic mass is 32.2. The molecule has 0 unspecified atom stereocenters. The third-order valence-electron chi connectivity index (χ3n) is 5.59. The standard InChI is InChI=1S/C26H32N2O5S/c1-26(2,27-17-25(31)21-11-12-24(30)22(14-21)18-29)15-19-7-6-8-20(13-19)16-28-34(32,33)23-9-4-3-5-10-23/h3-14,25,27-31H,15-18H2,1-2H3/t25-/m0/s1. The lowest BCUT2D eigenvalue weighted by molar-refractivity contribution is 0.160. The van der Waals surface area contributed by atoms with E-state index in [9.17, 15) is 23.7 Å². The van der Waals surface area contributed by atoms with E-state index in [1.54, 1.807) is 42.5 Å². The fourth-order valence-electron chi connectivity index (χ4n) is 3.71. The van der Waals surface area contributed by atoms with Crippen molar-refractivity contribution in [1.82, 2.24) is 10.0 Å². The molecule has 0 saturated carbocycles. The molecule has 0 amide bonds. The van der Waals surface area contributed by atoms with Crippen molar-refractivity contribution >= 4 is 10.0 Å². The first-order valence-corrected chi connectivity index (χ1v) is 12.6. The number of benzene rings is 3. The predicted molar refractivity (Wildman–Crippen MR) is 132 cm³/mol. The third kappa shape index (κ3) is 7.12. The van der Waals surface area contributed by atoms with Crippen LogP contribution in [-0.2, 0) is 29.6 Å². The maximum atomic E-state index is 12.5. The molecule has 0 heterocycles. The molecular weight excluding hydrogens is 452 g/mol. The molecule has 3 aromatic carbocycles. The monoisotopic (exact) mass is 484 g/mol. The number of hydrogen-bond acceptors (Lipinski definition) is 6. The van der Waals surface area contributed by atoms with Crippen LogP contribution in [0.2, 0.25) is 0 Å². The molecule has 0 bridgehead atoms. The van der Waals surface area contributed by atoms with Gasteiger partial charge in [0.05, 0.1) is 17.6 Å². The van der Waals surface area contributed by atoms with Crippen LogP contribution >= 0.6 is 0 Å². The highest BCUT2D eigenvalue weighted by Gasteiger charge is 2.21. The average Bonchev–Trinajstić information content (AvgIpc) is 2.82. The van der Waals surface area contributed by atoms with E-state index in [4.69, 9.17) is 0 Å². The first-order chi connectivity index (χ1) is 16.1. The predicted octanol–water partition coefficient (Wildman–Crippen LogP) is 3.01. The van der Waals surface area contributed by atoms with Gasteiger partial charge in [0, 0.05) is 24.2 Å². The van der Waals surface area contributed by atoms with E-state index < -0.39 is 16.1 Å². The molecule has 0 fully saturated rings. The van der Waals surface area contributed by atoms with Crippen molar-refractivity contribution in [2.45, 2.75) is 50.0 Å². The first kappa shape index (κ1) is 25.9. The first-order valence-electron chi connectivity index (χ1n) is 11.1. The third-order valence-corrected chi connectivity index (χ3v) is 7.01. The summed E-state index contributed by atoms with van der Waals surface area (Å²) in [6.45, 7) is 4.23. The summed E-state index contributed by atoms with van der Waals surface area (Å²) in [5.74, 6) is -0.00215. The molecule has 8 heteroatoms. The van der Waals surface area contributed by atoms with Gasteiger partial charge in [-0.1, -0.05) is 48.5 Å². The number of β-amino-alcohol motifs (C(OH)–C–C–N with tert-alkyl or cyclic N) is 1. The van der Waals surface area contributed by atoms with Gasteiger partial charge in [0.2, 0.25) is 10.0 Å². The lowest BCUT2D eigenvalue weighted by Gasteiger charge is -2.28. The Bertz CT molecular complexity index is 1200. The van der Waals surface area contributed by atoms with Gasteiger partial charge in [0.25, 0.3) is 0 Å². The fourth-order valence-corrected chi connectivity index (χ4v) is 4.75. The van der Waals surface area contributed by atoms with Gasteiger partial charge in [0.1, 0.15) is 5.75 Å². The van der Waals surface area contributed by atoms with E-state index in [1.165, 1.54) is 6.07 Å². The quantitative estimate of drug-likeness (QED) is 0.286. The second-order valence-corrected chi connectivity index (χ2v) is 10.7. The van der Waals surface area contributed by atoms with E-state index in [2.05, 4.69) is 10.0 Å². The minimum Gasteiger partial charge on any atom is -0.508 e. The van der Waals surface area contributed by atoms with Crippen LogP contribution in [0.5, 0.6) is 5.75 Å². The molecule has 3 aromatic rings. The van der Waals surface area contributed by atoms with E-state index in [0.29, 0.717) is 24.1 Å². The van der Waals surface area contributed by atoms with Gasteiger partial charge in [-0.3, -0.25) is 0 Å². The molecule has 34 heavy (non-hydrogen) atoms. The summed E-state index contributed by atoms with van der Waals surface area (Å²) in [6, 6.07) is 20.7. The van der Waals surface area contributed by atoms with Crippen LogP contribution in [0.1, 0.15) is 42.2 Å². The molecule has 0 aliphatic heterocycles. The van der Waals surface area contributed by atoms with Crippen LogP contribution in [0.4, 0.5) is 0 Å². The van der Waals surface area contributed by atoms with Gasteiger partial charge in [-0.05, 0) is 61.2 Å². The summed E-state index contributed by atoms with van der Waals surface area (Å²) in [7, 11) is -3.58. The molecule has 1 atom stereocenters. The minimum atomic E-state index is -3.58. The number of phenols is 1. The summed E-state index contributed by atoms with van der Waals surface area (Å²) in [5.41, 5.74) is 2.53. The molecular formula is C26H32N2O5S. The zero-order chi connectivity index (χ0) is 24.8. The van der Waals surface area contributed by atoms with E-state index in [0.717, 1.165) is 11.1 Å². The van der Waals surface area contributed by atoms with Crippen LogP contribution in [0, 0.1) is 0 Å². The number of hydrogen-bond donors (Lipinski definition) is 5. The van der Waals surface area contributed by atoms with Gasteiger partial charge in [-0.2, -0.15) is 0 Å². The Kier molecular flexibility index (Phi) is 8.46. The fraction of sp³-hybridized carbons (Fsp3) is 0.308. The number of aromatic hydroxyl groups is 1. The Labute approximate surface area is 201 Å². The number of nitrogens with one attached hydrogen (secondary N) is 2. The van der Waals surface area contributed by atoms with Crippen molar-refractivity contribution in [1.29, 1.82) is 0 Å². The van der Waals surface area contributed by atoms with Gasteiger partial charge >= 0.3 is 0 Å². The lowest BCUT2D eigenvalue weighted by atomic mass is 9.93. The molecule has 0 aliphatic carbocycles. The summed E-state index contributed by atoms with van der Waals surface area (Å²) in [4.78, 5) is 0.231. The second kappa shape index (κ2) is 11.1. The van der Waals surface area contributed by atoms with E-state index >= 15 is 0 Å². The zero-order valence-electron chi connectivity index (χ0n) is 19.4. The number of rotatable bonds is 11. The van der Waals surface area contributed by atoms with Crippen molar-refractivity contribution in [3.8, 4) is 5.75 Å². The maximum Gasteiger partial charge on any atom is 0.240 e. The van der Waals surface area contributed by atoms with Gasteiger partial charge in [-0.15, -0.1) is 0 Å². The van der Waals surface area contributed by atoms with E-state index in [1.807, 2.05) is 38.1 Å². The average molecular weight is 485 g/mol. The Morgan fingerprint density at radius 2 is 1.65 bits per heavy atom. The lowest BCUT2D eigenvalue weighted by Crippen LogP contribution is -2.43. The second-order valence-electron chi connectivity index (χ2n) is 8.96. The molecule has 182 valence electrons. The molecule has 0 radical (unpaired) electrons. The van der Waals surface area contributed by atoms with Crippen LogP contribution in [0.15, 0.2) is 77.7 Å². The molecule has 7 nitrogen and oxygen atoms in total. The zero-order valence-corrected chi connectivity index (χ0v) is 20.2. The van der Waals surface area contributed by atoms with Gasteiger partial charge < -0.3 is 20.6 Å². The Balaban J connectivity index is 1.59. The van der Waals surface area contributed by atoms with Crippen molar-refractivity contribution in [2.24, 2.45) is 0 Å². The summed E-state index contributed by atoms with van der Waals surface area (Å²) >= 11 is 0. The topological polar surface area (TPSA) is 119 Å². The van der Waals surface area contributed by atoms with Crippen LogP contribution in [0.25, 0.3) is 0 Å². The normalized spacial score (nSPS) is 13.1. The molecule has 0 saturated heterocycles. The number of aliphatic hydroxyl groups excluding tert-OH is 2. The van der Waals surface area contributed by atoms with Crippen LogP contribution in [0.3, 0.4) is 0 Å². The number of aliphatic hydroxyl groups is 2. The highest BCUT2D eigenvalue weighted by Crippen LogP contribution is 2.23. The van der Waals surface area contributed by atoms with Gasteiger partial charge in [0.15, 0.2) is 0 Å². The van der Waals surface area contributed by atoms with Crippen LogP contribution in [-0.4, -0.2) is 35.8 Å². The van der Waals surface area contributed by atoms with Crippen molar-refractivity contribution in [2.75, 3.05) is 6.54 Å². The summed E-state index contributed by atoms with van der Waals surface area (Å²) < 4.78 is 27.6. The minimum absolute atomic E-state index is 0.00215. The molecule has 0 spiro atoms. The summed E-state index contributed by atoms with van der Waals surface area (Å²) in [5, 5.41) is 32.9. The van der Waals surface area contributed by atoms with E-state index in [-0.39, 0.29) is 29.3 Å². The Hall–Kier alpha value is -2.75. The molecule has 3 rings (SSSR count). The summed E-state index contributed by atoms with van der Waals surface area (Å²) in [6.07, 6.45) is -0.139. The van der Waals surface area contributed by atoms with Crippen molar-refractivity contribution in [3.05, 3.63) is 95.1 Å². The highest BCUT2D eigenvalue weighted by molar-refractivity contribution is 7.89. The SMILES string of the molecule is CC(C)(Cc1cccc(CNS(=O)(=O)c2ccccc2)c1)NC[C@H](O)c1ccc(O)c(CO)c1. The Morgan fingerprint density at radius 3 is 2.35 bits per heavy atom. The molecule has 5 N–H and O–H groups in total. The maximum absolute atomic E-state index is 12.5. The van der Waals surface area contributed by atoms with Crippen LogP contribution < -0.4 is 10.0 Å². The largest absolute Gasteiger partial charge is 0.508 e. The number of sulfonamides is 1. The molecule has 0 aromatic heterocycles. The van der Waals surface area contributed by atoms with Gasteiger partial charge in [-0.25, -0.2) is 13.1 Å². The molecule has 0 aliphatic rings. The van der Waals surface area contributed by atoms with Crippen molar-refractivity contribution < 1.29 is 23.7 Å². The Morgan fingerprint density at radius 1 is 0.941 bits per heavy atom. The van der Waals surface area contributed by atoms with Crippen molar-refractivity contribution in [3.63, 3.8) is 0 Å². The smallest absolute Gasteiger partial charge is 0.240 e.